The smallest absolute Gasteiger partial charge is 0.303 e. The molecule has 1 amide bonds. The van der Waals surface area contributed by atoms with Gasteiger partial charge in [-0.2, -0.15) is 0 Å². The lowest BCUT2D eigenvalue weighted by atomic mass is 10.1. The first-order valence-electron chi connectivity index (χ1n) is 7.94. The molecule has 0 aliphatic rings. The van der Waals surface area contributed by atoms with Crippen molar-refractivity contribution in [2.45, 2.75) is 78.1 Å². The normalized spacial score (nSPS) is 9.19. The van der Waals surface area contributed by atoms with Crippen LogP contribution in [0.2, 0.25) is 0 Å². The third-order valence-electron chi connectivity index (χ3n) is 2.96. The molecular weight excluding hydrogens is 266 g/mol. The number of carboxylic acid groups (broad SMARTS) is 1. The number of carbonyl (C=O) groups is 2. The number of aliphatic carboxylic acids is 1. The molecule has 0 fully saturated rings. The molecule has 2 N–H and O–H groups in total. The van der Waals surface area contributed by atoms with E-state index in [1.165, 1.54) is 25.7 Å². The number of nitrogens with one attached hydrogen (secondary N) is 1. The monoisotopic (exact) mass is 297 g/mol. The van der Waals surface area contributed by atoms with E-state index in [2.05, 4.69) is 17.7 Å². The molecule has 0 saturated carbocycles. The number of rotatable bonds is 12. The first-order valence-corrected chi connectivity index (χ1v) is 7.94. The molecule has 4 heteroatoms. The van der Waals surface area contributed by atoms with Crippen LogP contribution in [-0.2, 0) is 9.59 Å². The van der Waals surface area contributed by atoms with Crippen LogP contribution in [0.4, 0.5) is 0 Å². The Morgan fingerprint density at radius 3 is 1.86 bits per heavy atom. The maximum atomic E-state index is 10.9. The minimum Gasteiger partial charge on any atom is -0.481 e. The van der Waals surface area contributed by atoms with Crippen LogP contribution in [0.3, 0.4) is 0 Å². The average molecular weight is 297 g/mol. The van der Waals surface area contributed by atoms with Crippen molar-refractivity contribution in [3.8, 4) is 12.3 Å². The lowest BCUT2D eigenvalue weighted by Crippen LogP contribution is -2.23. The molecular formula is C17H31NO3. The van der Waals surface area contributed by atoms with Gasteiger partial charge in [0.2, 0.25) is 5.91 Å². The zero-order chi connectivity index (χ0) is 16.3. The summed E-state index contributed by atoms with van der Waals surface area (Å²) in [5.74, 6) is 1.69. The fourth-order valence-electron chi connectivity index (χ4n) is 1.81. The molecule has 0 aliphatic carbocycles. The fraction of sp³-hybridized carbons (Fsp3) is 0.765. The molecule has 0 spiro atoms. The van der Waals surface area contributed by atoms with Gasteiger partial charge in [-0.05, 0) is 19.8 Å². The van der Waals surface area contributed by atoms with Crippen LogP contribution in [0.15, 0.2) is 0 Å². The van der Waals surface area contributed by atoms with Gasteiger partial charge in [0, 0.05) is 19.4 Å². The first kappa shape index (κ1) is 21.8. The van der Waals surface area contributed by atoms with Gasteiger partial charge >= 0.3 is 5.97 Å². The quantitative estimate of drug-likeness (QED) is 0.426. The van der Waals surface area contributed by atoms with Crippen molar-refractivity contribution in [1.29, 1.82) is 0 Å². The van der Waals surface area contributed by atoms with Gasteiger partial charge in [0.15, 0.2) is 0 Å². The number of hydrogen-bond donors (Lipinski definition) is 2. The molecule has 4 nitrogen and oxygen atoms in total. The summed E-state index contributed by atoms with van der Waals surface area (Å²) in [6.07, 6.45) is 14.3. The van der Waals surface area contributed by atoms with Crippen molar-refractivity contribution < 1.29 is 14.7 Å². The summed E-state index contributed by atoms with van der Waals surface area (Å²) in [6, 6.07) is 0. The van der Waals surface area contributed by atoms with E-state index in [9.17, 15) is 9.59 Å². The van der Waals surface area contributed by atoms with Crippen molar-refractivity contribution >= 4 is 11.9 Å². The summed E-state index contributed by atoms with van der Waals surface area (Å²) in [6.45, 7) is 4.31. The Hall–Kier alpha value is -1.50. The van der Waals surface area contributed by atoms with Crippen LogP contribution in [0.5, 0.6) is 0 Å². The van der Waals surface area contributed by atoms with Crippen LogP contribution >= 0.6 is 0 Å². The Labute approximate surface area is 129 Å². The SMILES string of the molecule is C#CC.CCC(=O)NCCCCCCCCCCC(=O)O. The molecule has 0 heterocycles. The highest BCUT2D eigenvalue weighted by Gasteiger charge is 1.97. The second-order valence-corrected chi connectivity index (χ2v) is 4.96. The predicted octanol–water partition coefficient (Wildman–Crippen LogP) is 3.75. The van der Waals surface area contributed by atoms with E-state index in [0.717, 1.165) is 32.2 Å². The molecule has 0 aromatic rings. The van der Waals surface area contributed by atoms with Gasteiger partial charge in [-0.25, -0.2) is 0 Å². The summed E-state index contributed by atoms with van der Waals surface area (Å²) in [7, 11) is 0. The van der Waals surface area contributed by atoms with E-state index < -0.39 is 5.97 Å². The Morgan fingerprint density at radius 2 is 1.43 bits per heavy atom. The van der Waals surface area contributed by atoms with Crippen molar-refractivity contribution in [1.82, 2.24) is 5.32 Å². The summed E-state index contributed by atoms with van der Waals surface area (Å²) >= 11 is 0. The van der Waals surface area contributed by atoms with Crippen LogP contribution in [-0.4, -0.2) is 23.5 Å². The van der Waals surface area contributed by atoms with Crippen molar-refractivity contribution in [3.63, 3.8) is 0 Å². The van der Waals surface area contributed by atoms with Gasteiger partial charge < -0.3 is 10.4 Å². The van der Waals surface area contributed by atoms with Gasteiger partial charge in [0.05, 0.1) is 0 Å². The largest absolute Gasteiger partial charge is 0.481 e. The highest BCUT2D eigenvalue weighted by atomic mass is 16.4. The molecule has 122 valence electrons. The minimum atomic E-state index is -0.691. The molecule has 0 unspecified atom stereocenters. The number of carbonyl (C=O) groups excluding carboxylic acids is 1. The summed E-state index contributed by atoms with van der Waals surface area (Å²) in [5, 5.41) is 11.3. The molecule has 0 rings (SSSR count). The number of terminal acetylenes is 1. The second kappa shape index (κ2) is 18.5. The number of unbranched alkanes of at least 4 members (excludes halogenated alkanes) is 7. The van der Waals surface area contributed by atoms with E-state index in [1.54, 1.807) is 6.92 Å². The van der Waals surface area contributed by atoms with Gasteiger partial charge in [0.1, 0.15) is 0 Å². The summed E-state index contributed by atoms with van der Waals surface area (Å²) in [5.41, 5.74) is 0. The zero-order valence-electron chi connectivity index (χ0n) is 13.6. The van der Waals surface area contributed by atoms with E-state index >= 15 is 0 Å². The minimum absolute atomic E-state index is 0.133. The van der Waals surface area contributed by atoms with Crippen molar-refractivity contribution in [2.24, 2.45) is 0 Å². The topological polar surface area (TPSA) is 66.4 Å². The van der Waals surface area contributed by atoms with Gasteiger partial charge in [-0.3, -0.25) is 9.59 Å². The first-order chi connectivity index (χ1) is 10.1. The molecule has 0 saturated heterocycles. The van der Waals surface area contributed by atoms with Crippen LogP contribution in [0, 0.1) is 12.3 Å². The Kier molecular flexibility index (Phi) is 19.2. The maximum absolute atomic E-state index is 10.9. The van der Waals surface area contributed by atoms with Gasteiger partial charge in [-0.15, -0.1) is 12.3 Å². The van der Waals surface area contributed by atoms with Crippen LogP contribution in [0.1, 0.15) is 78.1 Å². The molecule has 0 aromatic heterocycles. The number of hydrogen-bond acceptors (Lipinski definition) is 2. The lowest BCUT2D eigenvalue weighted by molar-refractivity contribution is -0.137. The van der Waals surface area contributed by atoms with E-state index in [0.29, 0.717) is 12.8 Å². The summed E-state index contributed by atoms with van der Waals surface area (Å²) in [4.78, 5) is 21.2. The molecule has 0 bridgehead atoms. The van der Waals surface area contributed by atoms with E-state index in [1.807, 2.05) is 6.92 Å². The second-order valence-electron chi connectivity index (χ2n) is 4.96. The number of amides is 1. The van der Waals surface area contributed by atoms with E-state index in [4.69, 9.17) is 5.11 Å². The highest BCUT2D eigenvalue weighted by molar-refractivity contribution is 5.75. The van der Waals surface area contributed by atoms with Gasteiger partial charge in [-0.1, -0.05) is 45.4 Å². The fourth-order valence-corrected chi connectivity index (χ4v) is 1.81. The third kappa shape index (κ3) is 24.0. The molecule has 0 aromatic carbocycles. The van der Waals surface area contributed by atoms with E-state index in [-0.39, 0.29) is 5.91 Å². The maximum Gasteiger partial charge on any atom is 0.303 e. The average Bonchev–Trinajstić information content (AvgIpc) is 2.45. The summed E-state index contributed by atoms with van der Waals surface area (Å²) < 4.78 is 0. The Balaban J connectivity index is 0. The number of carboxylic acids is 1. The standard InChI is InChI=1S/C14H27NO3.C3H4/c1-2-13(16)15-12-10-8-6-4-3-5-7-9-11-14(17)18;1-3-2/h2-12H2,1H3,(H,15,16)(H,17,18);1H,2H3. The molecule has 0 radical (unpaired) electrons. The lowest BCUT2D eigenvalue weighted by Gasteiger charge is -2.03. The van der Waals surface area contributed by atoms with Gasteiger partial charge in [0.25, 0.3) is 0 Å². The zero-order valence-corrected chi connectivity index (χ0v) is 13.6. The van der Waals surface area contributed by atoms with Crippen LogP contribution < -0.4 is 5.32 Å². The highest BCUT2D eigenvalue weighted by Crippen LogP contribution is 2.09. The third-order valence-corrected chi connectivity index (χ3v) is 2.96. The molecule has 0 atom stereocenters. The van der Waals surface area contributed by atoms with Crippen LogP contribution in [0.25, 0.3) is 0 Å². The molecule has 21 heavy (non-hydrogen) atoms. The molecule has 0 aliphatic heterocycles. The Morgan fingerprint density at radius 1 is 1.00 bits per heavy atom. The predicted molar refractivity (Wildman–Crippen MR) is 87.0 cm³/mol. The van der Waals surface area contributed by atoms with Crippen molar-refractivity contribution in [2.75, 3.05) is 6.54 Å². The Bertz CT molecular complexity index is 295. The van der Waals surface area contributed by atoms with Crippen molar-refractivity contribution in [3.05, 3.63) is 0 Å².